The Hall–Kier alpha value is -1.06. The molecule has 102 valence electrons. The van der Waals surface area contributed by atoms with Crippen molar-refractivity contribution in [1.82, 2.24) is 0 Å². The van der Waals surface area contributed by atoms with E-state index in [0.717, 1.165) is 17.7 Å². The predicted octanol–water partition coefficient (Wildman–Crippen LogP) is 2.84. The molecule has 0 aliphatic rings. The molecule has 0 amide bonds. The van der Waals surface area contributed by atoms with Crippen molar-refractivity contribution in [2.24, 2.45) is 11.7 Å². The van der Waals surface area contributed by atoms with Gasteiger partial charge in [0.2, 0.25) is 0 Å². The highest BCUT2D eigenvalue weighted by molar-refractivity contribution is 5.40. The van der Waals surface area contributed by atoms with Gasteiger partial charge in [0.1, 0.15) is 5.75 Å². The second-order valence-electron chi connectivity index (χ2n) is 5.03. The van der Waals surface area contributed by atoms with Gasteiger partial charge >= 0.3 is 0 Å². The molecule has 0 aliphatic heterocycles. The van der Waals surface area contributed by atoms with Crippen LogP contribution in [0, 0.1) is 5.92 Å². The number of hydrogen-bond acceptors (Lipinski definition) is 3. The minimum Gasteiger partial charge on any atom is -0.496 e. The lowest BCUT2D eigenvalue weighted by Crippen LogP contribution is -2.24. The summed E-state index contributed by atoms with van der Waals surface area (Å²) in [5.41, 5.74) is 8.50. The molecule has 3 nitrogen and oxygen atoms in total. The van der Waals surface area contributed by atoms with Crippen LogP contribution in [0.3, 0.4) is 0 Å². The lowest BCUT2D eigenvalue weighted by molar-refractivity contribution is 0.199. The molecule has 2 unspecified atom stereocenters. The van der Waals surface area contributed by atoms with E-state index in [1.165, 1.54) is 5.56 Å². The molecule has 0 aromatic heterocycles. The van der Waals surface area contributed by atoms with Gasteiger partial charge in [0.25, 0.3) is 0 Å². The molecular formula is C15H25NO2. The maximum Gasteiger partial charge on any atom is 0.123 e. The summed E-state index contributed by atoms with van der Waals surface area (Å²) in [5.74, 6) is 1.33. The Balaban J connectivity index is 3.14. The fraction of sp³-hybridized carbons (Fsp3) is 0.600. The van der Waals surface area contributed by atoms with Crippen LogP contribution in [0.25, 0.3) is 0 Å². The van der Waals surface area contributed by atoms with Crippen molar-refractivity contribution >= 4 is 0 Å². The Morgan fingerprint density at radius 1 is 1.33 bits per heavy atom. The molecule has 0 radical (unpaired) electrons. The van der Waals surface area contributed by atoms with Gasteiger partial charge in [0.05, 0.1) is 7.11 Å². The number of hydrogen-bond donors (Lipinski definition) is 2. The van der Waals surface area contributed by atoms with Crippen LogP contribution in [0.15, 0.2) is 18.2 Å². The Bertz CT molecular complexity index is 373. The molecule has 1 aromatic carbocycles. The standard InChI is InChI=1S/C15H25NO2/c1-5-11(9-17)15(16)13-8-12(10(2)3)6-7-14(13)18-4/h6-8,10-11,15,17H,5,9,16H2,1-4H3. The van der Waals surface area contributed by atoms with E-state index in [-0.39, 0.29) is 18.6 Å². The maximum absolute atomic E-state index is 9.38. The van der Waals surface area contributed by atoms with Gasteiger partial charge in [-0.1, -0.05) is 32.9 Å². The van der Waals surface area contributed by atoms with Gasteiger partial charge in [-0.05, 0) is 24.0 Å². The van der Waals surface area contributed by atoms with E-state index in [4.69, 9.17) is 10.5 Å². The Morgan fingerprint density at radius 2 is 2.00 bits per heavy atom. The van der Waals surface area contributed by atoms with E-state index in [1.807, 2.05) is 13.0 Å². The van der Waals surface area contributed by atoms with Crippen LogP contribution in [-0.4, -0.2) is 18.8 Å². The summed E-state index contributed by atoms with van der Waals surface area (Å²) in [7, 11) is 1.65. The van der Waals surface area contributed by atoms with Crippen molar-refractivity contribution in [3.8, 4) is 5.75 Å². The van der Waals surface area contributed by atoms with Crippen LogP contribution < -0.4 is 10.5 Å². The Morgan fingerprint density at radius 3 is 2.44 bits per heavy atom. The van der Waals surface area contributed by atoms with Gasteiger partial charge in [-0.15, -0.1) is 0 Å². The summed E-state index contributed by atoms with van der Waals surface area (Å²) in [6.07, 6.45) is 0.854. The van der Waals surface area contributed by atoms with Crippen molar-refractivity contribution in [3.63, 3.8) is 0 Å². The first-order valence-electron chi connectivity index (χ1n) is 6.59. The monoisotopic (exact) mass is 251 g/mol. The fourth-order valence-corrected chi connectivity index (χ4v) is 2.12. The summed E-state index contributed by atoms with van der Waals surface area (Å²) in [4.78, 5) is 0. The molecule has 0 spiro atoms. The average Bonchev–Trinajstić information content (AvgIpc) is 2.39. The molecule has 0 saturated carbocycles. The number of aliphatic hydroxyl groups excluding tert-OH is 1. The maximum atomic E-state index is 9.38. The first kappa shape index (κ1) is 15.0. The van der Waals surface area contributed by atoms with Crippen LogP contribution in [0.2, 0.25) is 0 Å². The second-order valence-corrected chi connectivity index (χ2v) is 5.03. The van der Waals surface area contributed by atoms with Gasteiger partial charge < -0.3 is 15.6 Å². The van der Waals surface area contributed by atoms with Crippen molar-refractivity contribution in [2.45, 2.75) is 39.2 Å². The van der Waals surface area contributed by atoms with Crippen LogP contribution in [0.1, 0.15) is 50.3 Å². The highest BCUT2D eigenvalue weighted by Gasteiger charge is 2.21. The van der Waals surface area contributed by atoms with Crippen LogP contribution >= 0.6 is 0 Å². The first-order valence-corrected chi connectivity index (χ1v) is 6.59. The molecule has 1 aromatic rings. The fourth-order valence-electron chi connectivity index (χ4n) is 2.12. The van der Waals surface area contributed by atoms with Crippen LogP contribution in [-0.2, 0) is 0 Å². The first-order chi connectivity index (χ1) is 8.54. The van der Waals surface area contributed by atoms with Crippen molar-refractivity contribution in [2.75, 3.05) is 13.7 Å². The van der Waals surface area contributed by atoms with Crippen LogP contribution in [0.5, 0.6) is 5.75 Å². The molecule has 3 heteroatoms. The van der Waals surface area contributed by atoms with Gasteiger partial charge in [-0.2, -0.15) is 0 Å². The molecule has 0 heterocycles. The number of aliphatic hydroxyl groups is 1. The molecule has 0 saturated heterocycles. The zero-order valence-corrected chi connectivity index (χ0v) is 11.8. The lowest BCUT2D eigenvalue weighted by Gasteiger charge is -2.24. The molecule has 18 heavy (non-hydrogen) atoms. The molecule has 0 bridgehead atoms. The molecular weight excluding hydrogens is 226 g/mol. The molecule has 1 rings (SSSR count). The Labute approximate surface area is 110 Å². The number of rotatable bonds is 6. The summed E-state index contributed by atoms with van der Waals surface area (Å²) in [6.45, 7) is 6.45. The Kier molecular flexibility index (Phi) is 5.63. The van der Waals surface area contributed by atoms with E-state index in [0.29, 0.717) is 5.92 Å². The topological polar surface area (TPSA) is 55.5 Å². The quantitative estimate of drug-likeness (QED) is 0.817. The van der Waals surface area contributed by atoms with E-state index >= 15 is 0 Å². The van der Waals surface area contributed by atoms with Gasteiger partial charge in [0.15, 0.2) is 0 Å². The smallest absolute Gasteiger partial charge is 0.123 e. The number of nitrogens with two attached hydrogens (primary N) is 1. The van der Waals surface area contributed by atoms with Gasteiger partial charge in [0, 0.05) is 24.1 Å². The predicted molar refractivity (Wildman–Crippen MR) is 74.9 cm³/mol. The summed E-state index contributed by atoms with van der Waals surface area (Å²) < 4.78 is 5.38. The van der Waals surface area contributed by atoms with E-state index in [2.05, 4.69) is 26.0 Å². The largest absolute Gasteiger partial charge is 0.496 e. The van der Waals surface area contributed by atoms with E-state index in [1.54, 1.807) is 7.11 Å². The zero-order chi connectivity index (χ0) is 13.7. The summed E-state index contributed by atoms with van der Waals surface area (Å²) in [5, 5.41) is 9.38. The molecule has 2 atom stereocenters. The SMILES string of the molecule is CCC(CO)C(N)c1cc(C(C)C)ccc1OC. The number of ether oxygens (including phenoxy) is 1. The highest BCUT2D eigenvalue weighted by Crippen LogP contribution is 2.32. The zero-order valence-electron chi connectivity index (χ0n) is 11.8. The molecule has 0 fully saturated rings. The highest BCUT2D eigenvalue weighted by atomic mass is 16.5. The number of methoxy groups -OCH3 is 1. The molecule has 3 N–H and O–H groups in total. The third kappa shape index (κ3) is 3.24. The van der Waals surface area contributed by atoms with E-state index in [9.17, 15) is 5.11 Å². The third-order valence-corrected chi connectivity index (χ3v) is 3.55. The summed E-state index contributed by atoms with van der Waals surface area (Å²) in [6, 6.07) is 5.95. The van der Waals surface area contributed by atoms with Gasteiger partial charge in [-0.25, -0.2) is 0 Å². The van der Waals surface area contributed by atoms with Crippen molar-refractivity contribution < 1.29 is 9.84 Å². The number of benzene rings is 1. The average molecular weight is 251 g/mol. The van der Waals surface area contributed by atoms with E-state index < -0.39 is 0 Å². The third-order valence-electron chi connectivity index (χ3n) is 3.55. The van der Waals surface area contributed by atoms with Crippen molar-refractivity contribution in [1.29, 1.82) is 0 Å². The minimum absolute atomic E-state index is 0.0707. The van der Waals surface area contributed by atoms with Crippen LogP contribution in [0.4, 0.5) is 0 Å². The normalized spacial score (nSPS) is 14.6. The summed E-state index contributed by atoms with van der Waals surface area (Å²) >= 11 is 0. The minimum atomic E-state index is -0.186. The second kappa shape index (κ2) is 6.76. The van der Waals surface area contributed by atoms with Crippen molar-refractivity contribution in [3.05, 3.63) is 29.3 Å². The van der Waals surface area contributed by atoms with Gasteiger partial charge in [-0.3, -0.25) is 0 Å². The lowest BCUT2D eigenvalue weighted by atomic mass is 9.89. The molecule has 0 aliphatic carbocycles.